The van der Waals surface area contributed by atoms with Gasteiger partial charge in [-0.3, -0.25) is 19.6 Å². The van der Waals surface area contributed by atoms with Crippen LogP contribution in [-0.4, -0.2) is 62.0 Å². The smallest absolute Gasteiger partial charge is 0.341 e. The largest absolute Gasteiger partial charge is 0.344 e. The maximum Gasteiger partial charge on any atom is 0.344 e. The lowest BCUT2D eigenvalue weighted by Crippen LogP contribution is -2.49. The van der Waals surface area contributed by atoms with Crippen molar-refractivity contribution in [3.8, 4) is 5.69 Å². The normalized spacial score (nSPS) is 20.7. The number of hydrogen-bond donors (Lipinski definition) is 2. The lowest BCUT2D eigenvalue weighted by Gasteiger charge is -2.19. The van der Waals surface area contributed by atoms with Gasteiger partial charge in [-0.05, 0) is 45.2 Å². The Bertz CT molecular complexity index is 1030. The van der Waals surface area contributed by atoms with Crippen LogP contribution in [0.3, 0.4) is 0 Å². The third-order valence-corrected chi connectivity index (χ3v) is 6.76. The van der Waals surface area contributed by atoms with E-state index in [1.165, 1.54) is 11.8 Å². The van der Waals surface area contributed by atoms with Crippen molar-refractivity contribution in [2.75, 3.05) is 23.7 Å². The topological polar surface area (TPSA) is 112 Å². The molecule has 0 spiro atoms. The van der Waals surface area contributed by atoms with E-state index in [4.69, 9.17) is 0 Å². The minimum Gasteiger partial charge on any atom is -0.341 e. The van der Waals surface area contributed by atoms with Crippen LogP contribution in [0.2, 0.25) is 0 Å². The molecular weight excluding hydrogens is 430 g/mol. The van der Waals surface area contributed by atoms with E-state index in [2.05, 4.69) is 25.8 Å². The Balaban J connectivity index is 1.49. The van der Waals surface area contributed by atoms with Crippen LogP contribution in [0.5, 0.6) is 0 Å². The highest BCUT2D eigenvalue weighted by Crippen LogP contribution is 2.29. The fourth-order valence-electron chi connectivity index (χ4n) is 3.71. The number of urea groups is 1. The van der Waals surface area contributed by atoms with E-state index in [9.17, 15) is 14.4 Å². The highest BCUT2D eigenvalue weighted by Gasteiger charge is 2.47. The Morgan fingerprint density at radius 1 is 1.19 bits per heavy atom. The minimum atomic E-state index is -1.01. The molecular formula is C21H27N7O3S. The van der Waals surface area contributed by atoms with E-state index in [0.29, 0.717) is 11.6 Å². The van der Waals surface area contributed by atoms with E-state index in [0.717, 1.165) is 48.1 Å². The average molecular weight is 458 g/mol. The molecule has 2 fully saturated rings. The second-order valence-electron chi connectivity index (χ2n) is 8.23. The predicted molar refractivity (Wildman–Crippen MR) is 120 cm³/mol. The summed E-state index contributed by atoms with van der Waals surface area (Å²) in [5, 5.41) is 12.7. The first kappa shape index (κ1) is 22.1. The average Bonchev–Trinajstić information content (AvgIpc) is 3.49. The highest BCUT2D eigenvalue weighted by atomic mass is 32.2. The predicted octanol–water partition coefficient (Wildman–Crippen LogP) is 2.02. The molecule has 11 heteroatoms. The Morgan fingerprint density at radius 2 is 1.88 bits per heavy atom. The van der Waals surface area contributed by atoms with Gasteiger partial charge in [-0.2, -0.15) is 5.01 Å². The zero-order valence-corrected chi connectivity index (χ0v) is 19.2. The van der Waals surface area contributed by atoms with Gasteiger partial charge in [0.2, 0.25) is 11.9 Å². The Morgan fingerprint density at radius 3 is 2.50 bits per heavy atom. The van der Waals surface area contributed by atoms with Gasteiger partial charge >= 0.3 is 6.03 Å². The minimum absolute atomic E-state index is 0.0239. The third-order valence-electron chi connectivity index (χ3n) is 5.83. The molecule has 2 aliphatic rings. The number of carbonyl (C=O) groups excluding carboxylic acids is 3. The summed E-state index contributed by atoms with van der Waals surface area (Å²) in [5.74, 6) is -0.214. The molecule has 0 bridgehead atoms. The molecule has 1 aromatic carbocycles. The fraction of sp³-hybridized carbons (Fsp3) is 0.476. The lowest BCUT2D eigenvalue weighted by molar-refractivity contribution is -0.137. The van der Waals surface area contributed by atoms with Crippen LogP contribution in [0.15, 0.2) is 29.4 Å². The fourth-order valence-corrected chi connectivity index (χ4v) is 4.45. The number of carbonyl (C=O) groups is 3. The van der Waals surface area contributed by atoms with Crippen LogP contribution in [0.25, 0.3) is 5.69 Å². The van der Waals surface area contributed by atoms with Crippen molar-refractivity contribution in [1.29, 1.82) is 0 Å². The maximum absolute atomic E-state index is 12.5. The number of amides is 4. The molecule has 10 nitrogen and oxygen atoms in total. The van der Waals surface area contributed by atoms with Gasteiger partial charge in [-0.25, -0.2) is 4.79 Å². The van der Waals surface area contributed by atoms with Gasteiger partial charge in [0.15, 0.2) is 5.16 Å². The number of hydrazine groups is 1. The summed E-state index contributed by atoms with van der Waals surface area (Å²) in [5.41, 5.74) is 3.46. The van der Waals surface area contributed by atoms with Gasteiger partial charge in [0.1, 0.15) is 5.54 Å². The standard InChI is InChI=1S/C21H27N7O3S/c1-4-21(3)17(30)28(19(31)22-21)25-16(29)13-32-20-24-23-18(26-11-5-6-12-26)27(20)15-9-7-14(2)8-10-15/h7-10H,4-6,11-13H2,1-3H3,(H,22,31)(H,25,29)/t21-/m0/s1. The Labute approximate surface area is 190 Å². The van der Waals surface area contributed by atoms with Crippen LogP contribution in [0.4, 0.5) is 10.7 Å². The van der Waals surface area contributed by atoms with Gasteiger partial charge < -0.3 is 10.2 Å². The third kappa shape index (κ3) is 4.16. The first-order valence-electron chi connectivity index (χ1n) is 10.7. The van der Waals surface area contributed by atoms with E-state index >= 15 is 0 Å². The van der Waals surface area contributed by atoms with Crippen molar-refractivity contribution < 1.29 is 14.4 Å². The molecule has 2 N–H and O–H groups in total. The van der Waals surface area contributed by atoms with Crippen molar-refractivity contribution in [2.45, 2.75) is 50.7 Å². The molecule has 32 heavy (non-hydrogen) atoms. The SMILES string of the molecule is CC[C@]1(C)NC(=O)N(NC(=O)CSc2nnc(N3CCCC3)n2-c2ccc(C)cc2)C1=O. The number of aromatic nitrogens is 3. The van der Waals surface area contributed by atoms with Gasteiger partial charge in [0, 0.05) is 13.1 Å². The van der Waals surface area contributed by atoms with E-state index < -0.39 is 23.4 Å². The number of hydrogen-bond acceptors (Lipinski definition) is 7. The van der Waals surface area contributed by atoms with Gasteiger partial charge in [0.25, 0.3) is 5.91 Å². The molecule has 3 heterocycles. The molecule has 2 aromatic rings. The molecule has 170 valence electrons. The summed E-state index contributed by atoms with van der Waals surface area (Å²) in [7, 11) is 0. The highest BCUT2D eigenvalue weighted by molar-refractivity contribution is 7.99. The van der Waals surface area contributed by atoms with E-state index in [-0.39, 0.29) is 5.75 Å². The van der Waals surface area contributed by atoms with E-state index in [1.807, 2.05) is 35.8 Å². The second kappa shape index (κ2) is 8.81. The number of nitrogens with one attached hydrogen (secondary N) is 2. The molecule has 0 aliphatic carbocycles. The van der Waals surface area contributed by atoms with Gasteiger partial charge in [-0.1, -0.05) is 36.4 Å². The number of anilines is 1. The van der Waals surface area contributed by atoms with Crippen LogP contribution >= 0.6 is 11.8 Å². The monoisotopic (exact) mass is 457 g/mol. The quantitative estimate of drug-likeness (QED) is 0.483. The van der Waals surface area contributed by atoms with Crippen molar-refractivity contribution >= 4 is 35.6 Å². The number of benzene rings is 1. The van der Waals surface area contributed by atoms with Crippen LogP contribution in [0.1, 0.15) is 38.7 Å². The molecule has 4 rings (SSSR count). The van der Waals surface area contributed by atoms with Crippen LogP contribution in [-0.2, 0) is 9.59 Å². The molecule has 2 aliphatic heterocycles. The zero-order valence-electron chi connectivity index (χ0n) is 18.4. The van der Waals surface area contributed by atoms with E-state index in [1.54, 1.807) is 13.8 Å². The summed E-state index contributed by atoms with van der Waals surface area (Å²) < 4.78 is 1.95. The summed E-state index contributed by atoms with van der Waals surface area (Å²) in [6.45, 7) is 7.29. The maximum atomic E-state index is 12.5. The van der Waals surface area contributed by atoms with Crippen LogP contribution in [0, 0.1) is 6.92 Å². The first-order valence-corrected chi connectivity index (χ1v) is 11.7. The summed E-state index contributed by atoms with van der Waals surface area (Å²) in [4.78, 5) is 39.3. The molecule has 4 amide bonds. The number of rotatable bonds is 7. The van der Waals surface area contributed by atoms with Gasteiger partial charge in [-0.15, -0.1) is 10.2 Å². The second-order valence-corrected chi connectivity index (χ2v) is 9.17. The van der Waals surface area contributed by atoms with Crippen LogP contribution < -0.4 is 15.6 Å². The zero-order chi connectivity index (χ0) is 22.9. The Hall–Kier alpha value is -3.08. The molecule has 2 saturated heterocycles. The summed E-state index contributed by atoms with van der Waals surface area (Å²) in [6, 6.07) is 7.42. The molecule has 0 saturated carbocycles. The van der Waals surface area contributed by atoms with Crippen molar-refractivity contribution in [3.63, 3.8) is 0 Å². The number of imide groups is 1. The number of thioether (sulfide) groups is 1. The molecule has 1 atom stereocenters. The van der Waals surface area contributed by atoms with Crippen molar-refractivity contribution in [3.05, 3.63) is 29.8 Å². The Kier molecular flexibility index (Phi) is 6.09. The van der Waals surface area contributed by atoms with Gasteiger partial charge in [0.05, 0.1) is 11.4 Å². The number of aryl methyl sites for hydroxylation is 1. The summed E-state index contributed by atoms with van der Waals surface area (Å²) in [6.07, 6.45) is 2.64. The lowest BCUT2D eigenvalue weighted by atomic mass is 10.00. The van der Waals surface area contributed by atoms with Crippen molar-refractivity contribution in [2.24, 2.45) is 0 Å². The first-order chi connectivity index (χ1) is 15.3. The molecule has 0 radical (unpaired) electrons. The summed E-state index contributed by atoms with van der Waals surface area (Å²) >= 11 is 1.21. The molecule has 0 unspecified atom stereocenters. The van der Waals surface area contributed by atoms with Crippen molar-refractivity contribution in [1.82, 2.24) is 30.5 Å². The number of nitrogens with zero attached hydrogens (tertiary/aromatic N) is 5. The molecule has 1 aromatic heterocycles.